The lowest BCUT2D eigenvalue weighted by molar-refractivity contribution is -0.167. The number of carbonyl (C=O) groups is 1. The van der Waals surface area contributed by atoms with Crippen molar-refractivity contribution in [1.29, 1.82) is 0 Å². The molecule has 0 aliphatic heterocycles. The molecule has 0 aromatic heterocycles. The van der Waals surface area contributed by atoms with Crippen molar-refractivity contribution < 1.29 is 19.7 Å². The molecule has 5 atom stereocenters. The molecule has 1 aromatic rings. The van der Waals surface area contributed by atoms with Crippen molar-refractivity contribution in [2.75, 3.05) is 0 Å². The summed E-state index contributed by atoms with van der Waals surface area (Å²) in [6, 6.07) is 4.48. The fraction of sp³-hybridized carbons (Fsp3) is 0.625. The second kappa shape index (κ2) is 6.27. The van der Waals surface area contributed by atoms with Crippen molar-refractivity contribution in [2.24, 2.45) is 28.6 Å². The van der Waals surface area contributed by atoms with Gasteiger partial charge in [-0.15, -0.1) is 0 Å². The first-order chi connectivity index (χ1) is 13.1. The summed E-state index contributed by atoms with van der Waals surface area (Å²) in [5.74, 6) is 1.17. The zero-order valence-electron chi connectivity index (χ0n) is 17.4. The Morgan fingerprint density at radius 3 is 2.57 bits per heavy atom. The molecule has 1 spiro atoms. The molecule has 0 radical (unpaired) electrons. The van der Waals surface area contributed by atoms with Gasteiger partial charge in [-0.25, -0.2) is 4.79 Å². The molecule has 152 valence electrons. The Morgan fingerprint density at radius 1 is 1.11 bits per heavy atom. The van der Waals surface area contributed by atoms with Gasteiger partial charge in [0.1, 0.15) is 5.60 Å². The van der Waals surface area contributed by atoms with Crippen LogP contribution in [0.5, 0.6) is 11.5 Å². The first kappa shape index (κ1) is 19.4. The van der Waals surface area contributed by atoms with Gasteiger partial charge in [0.2, 0.25) is 0 Å². The topological polar surface area (TPSA) is 66.8 Å². The molecule has 3 aliphatic rings. The van der Waals surface area contributed by atoms with Gasteiger partial charge in [-0.1, -0.05) is 26.8 Å². The molecular weight excluding hydrogens is 352 g/mol. The smallest absolute Gasteiger partial charge is 0.331 e. The lowest BCUT2D eigenvalue weighted by atomic mass is 9.64. The van der Waals surface area contributed by atoms with Crippen LogP contribution in [0.4, 0.5) is 0 Å². The third-order valence-corrected chi connectivity index (χ3v) is 8.51. The van der Waals surface area contributed by atoms with Crippen LogP contribution in [0.1, 0.15) is 65.4 Å². The molecule has 0 heterocycles. The van der Waals surface area contributed by atoms with Crippen LogP contribution < -0.4 is 0 Å². The number of phenolic OH excluding ortho intramolecular Hbond substituents is 2. The van der Waals surface area contributed by atoms with Crippen LogP contribution in [0.2, 0.25) is 0 Å². The average Bonchev–Trinajstić information content (AvgIpc) is 3.05. The summed E-state index contributed by atoms with van der Waals surface area (Å²) in [7, 11) is 0. The maximum absolute atomic E-state index is 12.6. The van der Waals surface area contributed by atoms with E-state index in [1.54, 1.807) is 12.1 Å². The van der Waals surface area contributed by atoms with E-state index in [-0.39, 0.29) is 22.9 Å². The van der Waals surface area contributed by atoms with Crippen molar-refractivity contribution in [3.05, 3.63) is 29.8 Å². The van der Waals surface area contributed by atoms with E-state index in [1.165, 1.54) is 37.5 Å². The Balaban J connectivity index is 1.51. The summed E-state index contributed by atoms with van der Waals surface area (Å²) in [6.45, 7) is 9.31. The molecule has 1 aromatic carbocycles. The Morgan fingerprint density at radius 2 is 1.86 bits per heavy atom. The summed E-state index contributed by atoms with van der Waals surface area (Å²) >= 11 is 0. The van der Waals surface area contributed by atoms with Gasteiger partial charge in [0.25, 0.3) is 0 Å². The second-order valence-corrected chi connectivity index (χ2v) is 10.2. The van der Waals surface area contributed by atoms with Crippen LogP contribution in [-0.2, 0) is 9.53 Å². The quantitative estimate of drug-likeness (QED) is 0.422. The first-order valence-electron chi connectivity index (χ1n) is 10.5. The van der Waals surface area contributed by atoms with Gasteiger partial charge >= 0.3 is 5.97 Å². The number of rotatable bonds is 3. The van der Waals surface area contributed by atoms with Crippen molar-refractivity contribution >= 4 is 12.0 Å². The zero-order valence-corrected chi connectivity index (χ0v) is 17.4. The highest BCUT2D eigenvalue weighted by Gasteiger charge is 2.68. The van der Waals surface area contributed by atoms with Gasteiger partial charge < -0.3 is 14.9 Å². The molecule has 0 saturated heterocycles. The zero-order chi connectivity index (χ0) is 20.3. The number of phenols is 2. The van der Waals surface area contributed by atoms with E-state index >= 15 is 0 Å². The van der Waals surface area contributed by atoms with Gasteiger partial charge in [-0.3, -0.25) is 0 Å². The molecule has 4 nitrogen and oxygen atoms in total. The summed E-state index contributed by atoms with van der Waals surface area (Å²) in [4.78, 5) is 12.6. The molecule has 3 saturated carbocycles. The molecular formula is C24H32O4. The largest absolute Gasteiger partial charge is 0.504 e. The fourth-order valence-electron chi connectivity index (χ4n) is 7.05. The molecule has 2 N–H and O–H groups in total. The third kappa shape index (κ3) is 2.75. The van der Waals surface area contributed by atoms with E-state index in [0.717, 1.165) is 24.7 Å². The average molecular weight is 385 g/mol. The third-order valence-electron chi connectivity index (χ3n) is 8.51. The van der Waals surface area contributed by atoms with Crippen LogP contribution in [0.15, 0.2) is 24.3 Å². The van der Waals surface area contributed by atoms with E-state index in [1.807, 2.05) is 0 Å². The Bertz CT molecular complexity index is 826. The molecule has 4 rings (SSSR count). The molecule has 3 fully saturated rings. The normalized spacial score (nSPS) is 38.5. The van der Waals surface area contributed by atoms with Gasteiger partial charge in [0, 0.05) is 12.0 Å². The highest BCUT2D eigenvalue weighted by molar-refractivity contribution is 5.87. The lowest BCUT2D eigenvalue weighted by Gasteiger charge is -2.46. The van der Waals surface area contributed by atoms with E-state index in [4.69, 9.17) is 4.74 Å². The Kier molecular flexibility index (Phi) is 4.33. The SMILES string of the molecule is C[C@@H]1CC[C@H]2C(C)(C)[C@H]3C[C@@]12CC[C@@]3(C)OC(=O)/C=C/c1ccc(O)c(O)c1. The van der Waals surface area contributed by atoms with Crippen molar-refractivity contribution in [1.82, 2.24) is 0 Å². The second-order valence-electron chi connectivity index (χ2n) is 10.2. The minimum Gasteiger partial charge on any atom is -0.504 e. The molecule has 0 unspecified atom stereocenters. The summed E-state index contributed by atoms with van der Waals surface area (Å²) in [5, 5.41) is 19.0. The lowest BCUT2D eigenvalue weighted by Crippen LogP contribution is -2.47. The molecule has 28 heavy (non-hydrogen) atoms. The van der Waals surface area contributed by atoms with Crippen LogP contribution in [0, 0.1) is 28.6 Å². The first-order valence-corrected chi connectivity index (χ1v) is 10.5. The number of benzene rings is 1. The number of fused-ring (bicyclic) bond motifs is 1. The number of ether oxygens (including phenoxy) is 1. The standard InChI is InChI=1S/C24H32O4/c1-15-5-9-19-22(2,3)20-14-24(15,19)12-11-23(20,4)28-21(27)10-7-16-6-8-17(25)18(26)13-16/h6-8,10,13,15,19-20,25-26H,5,9,11-12,14H2,1-4H3/b10-7+/t15-,19+,20-,23-,24+/m1/s1. The predicted molar refractivity (Wildman–Crippen MR) is 109 cm³/mol. The van der Waals surface area contributed by atoms with Crippen LogP contribution >= 0.6 is 0 Å². The summed E-state index contributed by atoms with van der Waals surface area (Å²) in [5.41, 5.74) is 0.837. The van der Waals surface area contributed by atoms with Gasteiger partial charge in [-0.2, -0.15) is 0 Å². The number of esters is 1. The monoisotopic (exact) mass is 384 g/mol. The van der Waals surface area contributed by atoms with E-state index in [2.05, 4.69) is 27.7 Å². The van der Waals surface area contributed by atoms with E-state index < -0.39 is 5.60 Å². The molecule has 4 heteroatoms. The van der Waals surface area contributed by atoms with Gasteiger partial charge in [0.15, 0.2) is 11.5 Å². The molecule has 3 aliphatic carbocycles. The van der Waals surface area contributed by atoms with Crippen molar-refractivity contribution in [2.45, 2.75) is 65.4 Å². The number of carbonyl (C=O) groups excluding carboxylic acids is 1. The van der Waals surface area contributed by atoms with E-state index in [9.17, 15) is 15.0 Å². The van der Waals surface area contributed by atoms with Crippen LogP contribution in [-0.4, -0.2) is 21.8 Å². The van der Waals surface area contributed by atoms with Crippen molar-refractivity contribution in [3.8, 4) is 11.5 Å². The van der Waals surface area contributed by atoms with Crippen molar-refractivity contribution in [3.63, 3.8) is 0 Å². The molecule has 2 bridgehead atoms. The maximum Gasteiger partial charge on any atom is 0.331 e. The van der Waals surface area contributed by atoms with Crippen LogP contribution in [0.3, 0.4) is 0 Å². The summed E-state index contributed by atoms with van der Waals surface area (Å²) < 4.78 is 6.08. The maximum atomic E-state index is 12.6. The number of hydrogen-bond acceptors (Lipinski definition) is 4. The number of hydrogen-bond donors (Lipinski definition) is 2. The predicted octanol–water partition coefficient (Wildman–Crippen LogP) is 5.29. The van der Waals surface area contributed by atoms with E-state index in [0.29, 0.717) is 16.9 Å². The fourth-order valence-corrected chi connectivity index (χ4v) is 7.05. The highest BCUT2D eigenvalue weighted by atomic mass is 16.6. The summed E-state index contributed by atoms with van der Waals surface area (Å²) in [6.07, 6.45) is 8.93. The Labute approximate surface area is 167 Å². The van der Waals surface area contributed by atoms with Gasteiger partial charge in [-0.05, 0) is 85.5 Å². The minimum atomic E-state index is -0.433. The minimum absolute atomic E-state index is 0.174. The number of aromatic hydroxyl groups is 2. The Hall–Kier alpha value is -1.97. The van der Waals surface area contributed by atoms with Gasteiger partial charge in [0.05, 0.1) is 0 Å². The highest BCUT2D eigenvalue weighted by Crippen LogP contribution is 2.73. The molecule has 0 amide bonds. The van der Waals surface area contributed by atoms with Crippen LogP contribution in [0.25, 0.3) is 6.08 Å².